The summed E-state index contributed by atoms with van der Waals surface area (Å²) >= 11 is 0. The fourth-order valence-corrected chi connectivity index (χ4v) is 5.33. The van der Waals surface area contributed by atoms with Crippen LogP contribution < -0.4 is 20.2 Å². The highest BCUT2D eigenvalue weighted by molar-refractivity contribution is 7.92. The average molecular weight is 519 g/mol. The number of hydrogen-bond donors (Lipinski definition) is 3. The van der Waals surface area contributed by atoms with E-state index in [4.69, 9.17) is 9.84 Å². The van der Waals surface area contributed by atoms with Crippen LogP contribution in [0.2, 0.25) is 0 Å². The minimum absolute atomic E-state index is 0.0677. The van der Waals surface area contributed by atoms with Gasteiger partial charge in [0, 0.05) is 42.2 Å². The molecule has 0 saturated carbocycles. The zero-order chi connectivity index (χ0) is 25.6. The number of carbonyl (C=O) groups is 1. The van der Waals surface area contributed by atoms with E-state index in [1.165, 1.54) is 25.3 Å². The predicted octanol–water partition coefficient (Wildman–Crippen LogP) is 1.51. The number of hydrogen-bond acceptors (Lipinski definition) is 9. The summed E-state index contributed by atoms with van der Waals surface area (Å²) in [7, 11) is -2.66. The first-order chi connectivity index (χ1) is 17.9. The van der Waals surface area contributed by atoms with Crippen LogP contribution in [-0.4, -0.2) is 65.7 Å². The number of pyridine rings is 1. The van der Waals surface area contributed by atoms with E-state index < -0.39 is 10.0 Å². The number of amides is 1. The van der Waals surface area contributed by atoms with E-state index in [-0.39, 0.29) is 27.9 Å². The topological polar surface area (TPSA) is 143 Å². The van der Waals surface area contributed by atoms with Crippen LogP contribution in [0, 0.1) is 0 Å². The maximum atomic E-state index is 13.3. The van der Waals surface area contributed by atoms with Gasteiger partial charge in [-0.1, -0.05) is 6.07 Å². The summed E-state index contributed by atoms with van der Waals surface area (Å²) in [5, 5.41) is 9.48. The molecule has 2 aliphatic rings. The number of fused-ring (bicyclic) bond motifs is 8. The van der Waals surface area contributed by atoms with Crippen molar-refractivity contribution in [1.29, 1.82) is 0 Å². The molecule has 37 heavy (non-hydrogen) atoms. The highest BCUT2D eigenvalue weighted by Crippen LogP contribution is 2.30. The van der Waals surface area contributed by atoms with Gasteiger partial charge in [0.1, 0.15) is 5.69 Å². The van der Waals surface area contributed by atoms with Gasteiger partial charge in [-0.05, 0) is 36.4 Å². The molecule has 2 aliphatic heterocycles. The molecule has 0 saturated heterocycles. The number of aromatic nitrogens is 4. The van der Waals surface area contributed by atoms with Gasteiger partial charge in [0.2, 0.25) is 5.88 Å². The van der Waals surface area contributed by atoms with Gasteiger partial charge in [-0.15, -0.1) is 0 Å². The molecule has 0 radical (unpaired) electrons. The standard InChI is InChI=1S/C24H22N8O4S/c1-36-24-20-10-16(11-27-24)19-5-6-22-26-13-21(32(22)29-19)17-12-28-31(14-17)8-7-25-23(33)15-3-2-4-18(9-15)37(34,35)30-20/h2-6,9-11,13-14,28,30H,7-8,12H2,1H3,(H,25,33). The van der Waals surface area contributed by atoms with Crippen LogP contribution in [0.25, 0.3) is 22.5 Å². The van der Waals surface area contributed by atoms with E-state index in [9.17, 15) is 13.2 Å². The molecule has 0 unspecified atom stereocenters. The molecule has 1 amide bonds. The molecule has 3 N–H and O–H groups in total. The van der Waals surface area contributed by atoms with Crippen molar-refractivity contribution >= 4 is 32.8 Å². The number of carbonyl (C=O) groups excluding carboxylic acids is 1. The van der Waals surface area contributed by atoms with Crippen molar-refractivity contribution < 1.29 is 17.9 Å². The molecule has 4 aromatic rings. The minimum Gasteiger partial charge on any atom is -0.480 e. The van der Waals surface area contributed by atoms with E-state index in [0.29, 0.717) is 36.5 Å². The van der Waals surface area contributed by atoms with Crippen molar-refractivity contribution in [1.82, 2.24) is 35.3 Å². The molecular formula is C24H22N8O4S. The smallest absolute Gasteiger partial charge is 0.262 e. The van der Waals surface area contributed by atoms with Gasteiger partial charge in [-0.25, -0.2) is 28.3 Å². The van der Waals surface area contributed by atoms with Gasteiger partial charge in [0.25, 0.3) is 15.9 Å². The highest BCUT2D eigenvalue weighted by atomic mass is 32.2. The second-order valence-electron chi connectivity index (χ2n) is 8.48. The molecule has 13 heteroatoms. The summed E-state index contributed by atoms with van der Waals surface area (Å²) in [6.07, 6.45) is 5.28. The van der Waals surface area contributed by atoms with E-state index in [1.54, 1.807) is 35.1 Å². The van der Waals surface area contributed by atoms with Crippen molar-refractivity contribution in [2.45, 2.75) is 4.90 Å². The Bertz CT molecular complexity index is 1680. The van der Waals surface area contributed by atoms with E-state index in [0.717, 1.165) is 11.3 Å². The van der Waals surface area contributed by atoms with Crippen LogP contribution >= 0.6 is 0 Å². The minimum atomic E-state index is -4.07. The quantitative estimate of drug-likeness (QED) is 0.342. The van der Waals surface area contributed by atoms with E-state index >= 15 is 0 Å². The Hall–Kier alpha value is -4.49. The Kier molecular flexibility index (Phi) is 5.50. The lowest BCUT2D eigenvalue weighted by Crippen LogP contribution is -2.37. The molecule has 188 valence electrons. The molecule has 0 aliphatic carbocycles. The number of ether oxygens (including phenoxy) is 1. The van der Waals surface area contributed by atoms with Gasteiger partial charge in [-0.3, -0.25) is 9.52 Å². The first kappa shape index (κ1) is 22.9. The number of sulfonamides is 1. The number of imidazole rings is 1. The summed E-state index contributed by atoms with van der Waals surface area (Å²) < 4.78 is 36.1. The monoisotopic (exact) mass is 518 g/mol. The zero-order valence-corrected chi connectivity index (χ0v) is 20.5. The van der Waals surface area contributed by atoms with Crippen LogP contribution in [0.15, 0.2) is 66.0 Å². The lowest BCUT2D eigenvalue weighted by Gasteiger charge is -2.16. The molecule has 8 bridgehead atoms. The Morgan fingerprint density at radius 3 is 2.81 bits per heavy atom. The maximum Gasteiger partial charge on any atom is 0.262 e. The van der Waals surface area contributed by atoms with Crippen molar-refractivity contribution in [3.8, 4) is 17.1 Å². The molecule has 0 fully saturated rings. The van der Waals surface area contributed by atoms with Crippen LogP contribution in [0.4, 0.5) is 5.69 Å². The molecule has 0 spiro atoms. The fraction of sp³-hybridized carbons (Fsp3) is 0.167. The number of methoxy groups -OCH3 is 1. The molecular weight excluding hydrogens is 496 g/mol. The van der Waals surface area contributed by atoms with Crippen molar-refractivity contribution in [3.63, 3.8) is 0 Å². The fourth-order valence-electron chi connectivity index (χ4n) is 4.24. The maximum absolute atomic E-state index is 13.3. The summed E-state index contributed by atoms with van der Waals surface area (Å²) in [5.74, 6) is -0.281. The second-order valence-corrected chi connectivity index (χ2v) is 10.2. The first-order valence-electron chi connectivity index (χ1n) is 11.4. The lowest BCUT2D eigenvalue weighted by atomic mass is 10.2. The summed E-state index contributed by atoms with van der Waals surface area (Å²) in [6.45, 7) is 1.42. The van der Waals surface area contributed by atoms with Gasteiger partial charge in [0.15, 0.2) is 5.65 Å². The lowest BCUT2D eigenvalue weighted by molar-refractivity contribution is 0.0949. The Morgan fingerprint density at radius 1 is 1.05 bits per heavy atom. The van der Waals surface area contributed by atoms with Gasteiger partial charge < -0.3 is 15.1 Å². The van der Waals surface area contributed by atoms with Gasteiger partial charge >= 0.3 is 0 Å². The average Bonchev–Trinajstić information content (AvgIpc) is 3.54. The predicted molar refractivity (Wildman–Crippen MR) is 135 cm³/mol. The number of nitrogens with zero attached hydrogens (tertiary/aromatic N) is 5. The summed E-state index contributed by atoms with van der Waals surface area (Å²) in [6, 6.07) is 11.1. The third-order valence-corrected chi connectivity index (χ3v) is 7.47. The summed E-state index contributed by atoms with van der Waals surface area (Å²) in [4.78, 5) is 21.4. The van der Waals surface area contributed by atoms with Gasteiger partial charge in [-0.2, -0.15) is 5.10 Å². The molecule has 12 nitrogen and oxygen atoms in total. The Balaban J connectivity index is 1.50. The molecule has 5 heterocycles. The van der Waals surface area contributed by atoms with Crippen LogP contribution in [0.3, 0.4) is 0 Å². The van der Waals surface area contributed by atoms with Crippen molar-refractivity contribution in [2.24, 2.45) is 0 Å². The Labute approximate surface area is 212 Å². The SMILES string of the molecule is COc1ncc2cc1NS(=O)(=O)c1cccc(c1)C(=O)NCCN1C=C(CN1)c1cnc3ccc-2nn13. The first-order valence-corrected chi connectivity index (χ1v) is 12.9. The van der Waals surface area contributed by atoms with Crippen molar-refractivity contribution in [2.75, 3.05) is 31.5 Å². The number of hydrazine groups is 1. The summed E-state index contributed by atoms with van der Waals surface area (Å²) in [5.41, 5.74) is 7.25. The zero-order valence-electron chi connectivity index (χ0n) is 19.7. The molecule has 3 aromatic heterocycles. The molecule has 6 rings (SSSR count). The third kappa shape index (κ3) is 4.23. The van der Waals surface area contributed by atoms with Crippen LogP contribution in [0.1, 0.15) is 16.1 Å². The molecule has 0 atom stereocenters. The van der Waals surface area contributed by atoms with E-state index in [1.807, 2.05) is 17.3 Å². The second kappa shape index (κ2) is 8.87. The van der Waals surface area contributed by atoms with Crippen molar-refractivity contribution in [3.05, 3.63) is 72.3 Å². The van der Waals surface area contributed by atoms with Gasteiger partial charge in [0.05, 0.1) is 36.1 Å². The number of benzene rings is 1. The van der Waals surface area contributed by atoms with E-state index in [2.05, 4.69) is 25.4 Å². The third-order valence-electron chi connectivity index (χ3n) is 6.10. The molecule has 1 aromatic carbocycles. The Morgan fingerprint density at radius 2 is 1.95 bits per heavy atom. The number of rotatable bonds is 1. The van der Waals surface area contributed by atoms with Crippen LogP contribution in [0.5, 0.6) is 5.88 Å². The largest absolute Gasteiger partial charge is 0.480 e. The normalized spacial score (nSPS) is 16.8. The number of nitrogens with one attached hydrogen (secondary N) is 3. The highest BCUT2D eigenvalue weighted by Gasteiger charge is 2.22. The number of anilines is 1. The van der Waals surface area contributed by atoms with Crippen LogP contribution in [-0.2, 0) is 10.0 Å².